The number of carbonyl (C=O) groups is 3. The van der Waals surface area contributed by atoms with Gasteiger partial charge in [0.2, 0.25) is 11.8 Å². The summed E-state index contributed by atoms with van der Waals surface area (Å²) in [6.45, 7) is 3.32. The van der Waals surface area contributed by atoms with E-state index in [1.807, 2.05) is 30.3 Å². The van der Waals surface area contributed by atoms with Gasteiger partial charge in [-0.25, -0.2) is 4.79 Å². The molecule has 27 heavy (non-hydrogen) atoms. The first-order valence-corrected chi connectivity index (χ1v) is 9.15. The Balaban J connectivity index is 1.72. The van der Waals surface area contributed by atoms with Gasteiger partial charge in [0.05, 0.1) is 0 Å². The zero-order valence-electron chi connectivity index (χ0n) is 15.5. The molecule has 2 aromatic rings. The third-order valence-electron chi connectivity index (χ3n) is 5.14. The Morgan fingerprint density at radius 2 is 1.89 bits per heavy atom. The van der Waals surface area contributed by atoms with Crippen LogP contribution in [0.3, 0.4) is 0 Å². The predicted molar refractivity (Wildman–Crippen MR) is 102 cm³/mol. The summed E-state index contributed by atoms with van der Waals surface area (Å²) in [5, 5.41) is 14.2. The second kappa shape index (κ2) is 7.78. The highest BCUT2D eigenvalue weighted by atomic mass is 16.4. The third kappa shape index (κ3) is 4.27. The first-order valence-electron chi connectivity index (χ1n) is 9.15. The standard InChI is InChI=1S/C21H24N2O4/c1-13(21(26)27)23(10-9-22-14(2)24)20(25)19-12-18(19)17-8-7-15-5-3-4-6-16(15)11-17/h3-8,11,13,18-19H,9-10,12H2,1-2H3,(H,22,24)(H,26,27). The van der Waals surface area contributed by atoms with Crippen molar-refractivity contribution in [2.24, 2.45) is 5.92 Å². The van der Waals surface area contributed by atoms with Crippen LogP contribution in [0.25, 0.3) is 10.8 Å². The fourth-order valence-corrected chi connectivity index (χ4v) is 3.47. The maximum absolute atomic E-state index is 12.9. The number of aliphatic carboxylic acids is 1. The fraction of sp³-hybridized carbons (Fsp3) is 0.381. The van der Waals surface area contributed by atoms with Crippen LogP contribution in [0.1, 0.15) is 31.7 Å². The lowest BCUT2D eigenvalue weighted by atomic mass is 10.0. The predicted octanol–water partition coefficient (Wildman–Crippen LogP) is 2.38. The minimum atomic E-state index is -1.05. The van der Waals surface area contributed by atoms with E-state index in [1.54, 1.807) is 0 Å². The molecule has 2 amide bonds. The monoisotopic (exact) mass is 368 g/mol. The quantitative estimate of drug-likeness (QED) is 0.786. The number of hydrogen-bond acceptors (Lipinski definition) is 3. The number of nitrogens with one attached hydrogen (secondary N) is 1. The summed E-state index contributed by atoms with van der Waals surface area (Å²) >= 11 is 0. The lowest BCUT2D eigenvalue weighted by Gasteiger charge is -2.27. The fourth-order valence-electron chi connectivity index (χ4n) is 3.47. The van der Waals surface area contributed by atoms with E-state index in [9.17, 15) is 19.5 Å². The summed E-state index contributed by atoms with van der Waals surface area (Å²) in [7, 11) is 0. The maximum Gasteiger partial charge on any atom is 0.326 e. The molecule has 0 spiro atoms. The van der Waals surface area contributed by atoms with E-state index in [2.05, 4.69) is 17.4 Å². The van der Waals surface area contributed by atoms with Gasteiger partial charge in [0, 0.05) is 25.9 Å². The van der Waals surface area contributed by atoms with Gasteiger partial charge in [-0.3, -0.25) is 9.59 Å². The highest BCUT2D eigenvalue weighted by molar-refractivity contribution is 5.88. The zero-order valence-corrected chi connectivity index (χ0v) is 15.5. The number of fused-ring (bicyclic) bond motifs is 1. The van der Waals surface area contributed by atoms with E-state index < -0.39 is 12.0 Å². The van der Waals surface area contributed by atoms with Gasteiger partial charge < -0.3 is 15.3 Å². The highest BCUT2D eigenvalue weighted by Gasteiger charge is 2.47. The molecule has 2 N–H and O–H groups in total. The van der Waals surface area contributed by atoms with Crippen molar-refractivity contribution in [2.45, 2.75) is 32.2 Å². The van der Waals surface area contributed by atoms with Crippen molar-refractivity contribution in [1.82, 2.24) is 10.2 Å². The summed E-state index contributed by atoms with van der Waals surface area (Å²) < 4.78 is 0. The number of hydrogen-bond donors (Lipinski definition) is 2. The largest absolute Gasteiger partial charge is 0.480 e. The molecule has 3 rings (SSSR count). The summed E-state index contributed by atoms with van der Waals surface area (Å²) in [5.41, 5.74) is 1.11. The molecule has 0 aromatic heterocycles. The van der Waals surface area contributed by atoms with Crippen LogP contribution in [0.4, 0.5) is 0 Å². The van der Waals surface area contributed by atoms with Gasteiger partial charge in [0.1, 0.15) is 6.04 Å². The normalized spacial score (nSPS) is 19.3. The van der Waals surface area contributed by atoms with Gasteiger partial charge in [-0.05, 0) is 35.6 Å². The van der Waals surface area contributed by atoms with E-state index in [0.29, 0.717) is 0 Å². The minimum absolute atomic E-state index is 0.117. The van der Waals surface area contributed by atoms with Gasteiger partial charge in [-0.15, -0.1) is 0 Å². The molecule has 0 heterocycles. The number of carboxylic acids is 1. The van der Waals surface area contributed by atoms with E-state index in [-0.39, 0.29) is 36.7 Å². The molecule has 3 atom stereocenters. The molecular formula is C21H24N2O4. The molecule has 1 aliphatic carbocycles. The summed E-state index contributed by atoms with van der Waals surface area (Å²) in [6.07, 6.45) is 0.722. The molecular weight excluding hydrogens is 344 g/mol. The molecule has 0 bridgehead atoms. The van der Waals surface area contributed by atoms with Crippen LogP contribution >= 0.6 is 0 Å². The SMILES string of the molecule is CC(=O)NCCN(C(=O)C1CC1c1ccc2ccccc2c1)C(C)C(=O)O. The molecule has 3 unspecified atom stereocenters. The van der Waals surface area contributed by atoms with Gasteiger partial charge in [-0.2, -0.15) is 0 Å². The lowest BCUT2D eigenvalue weighted by molar-refractivity contribution is -0.150. The molecule has 0 radical (unpaired) electrons. The minimum Gasteiger partial charge on any atom is -0.480 e. The topological polar surface area (TPSA) is 86.7 Å². The molecule has 1 aliphatic rings. The number of rotatable bonds is 7. The maximum atomic E-state index is 12.9. The van der Waals surface area contributed by atoms with Crippen molar-refractivity contribution in [3.63, 3.8) is 0 Å². The van der Waals surface area contributed by atoms with Crippen LogP contribution in [-0.4, -0.2) is 46.9 Å². The Morgan fingerprint density at radius 1 is 1.19 bits per heavy atom. The third-order valence-corrected chi connectivity index (χ3v) is 5.14. The van der Waals surface area contributed by atoms with E-state index in [4.69, 9.17) is 0 Å². The number of amides is 2. The van der Waals surface area contributed by atoms with Crippen LogP contribution in [0.15, 0.2) is 42.5 Å². The lowest BCUT2D eigenvalue weighted by Crippen LogP contribution is -2.47. The number of nitrogens with zero attached hydrogens (tertiary/aromatic N) is 1. The summed E-state index contributed by atoms with van der Waals surface area (Å²) in [6, 6.07) is 13.4. The Bertz CT molecular complexity index is 879. The summed E-state index contributed by atoms with van der Waals surface area (Å²) in [5.74, 6) is -1.50. The Kier molecular flexibility index (Phi) is 5.44. The molecule has 6 heteroatoms. The van der Waals surface area contributed by atoms with Crippen LogP contribution in [-0.2, 0) is 14.4 Å². The molecule has 6 nitrogen and oxygen atoms in total. The van der Waals surface area contributed by atoms with Crippen LogP contribution in [0, 0.1) is 5.92 Å². The number of carbonyl (C=O) groups excluding carboxylic acids is 2. The van der Waals surface area contributed by atoms with Crippen molar-refractivity contribution in [3.8, 4) is 0 Å². The van der Waals surface area contributed by atoms with Crippen LogP contribution in [0.2, 0.25) is 0 Å². The van der Waals surface area contributed by atoms with Crippen molar-refractivity contribution in [1.29, 1.82) is 0 Å². The first-order chi connectivity index (χ1) is 12.9. The number of benzene rings is 2. The number of carboxylic acid groups (broad SMARTS) is 1. The molecule has 2 aromatic carbocycles. The van der Waals surface area contributed by atoms with Crippen molar-refractivity contribution < 1.29 is 19.5 Å². The van der Waals surface area contributed by atoms with Gasteiger partial charge >= 0.3 is 5.97 Å². The Labute approximate surface area is 158 Å². The van der Waals surface area contributed by atoms with Gasteiger partial charge in [0.15, 0.2) is 0 Å². The van der Waals surface area contributed by atoms with E-state index >= 15 is 0 Å². The van der Waals surface area contributed by atoms with Crippen LogP contribution in [0.5, 0.6) is 0 Å². The van der Waals surface area contributed by atoms with Crippen molar-refractivity contribution in [2.75, 3.05) is 13.1 Å². The molecule has 1 fully saturated rings. The van der Waals surface area contributed by atoms with Crippen molar-refractivity contribution in [3.05, 3.63) is 48.0 Å². The van der Waals surface area contributed by atoms with E-state index in [0.717, 1.165) is 22.8 Å². The Hall–Kier alpha value is -2.89. The van der Waals surface area contributed by atoms with Gasteiger partial charge in [-0.1, -0.05) is 42.5 Å². The van der Waals surface area contributed by atoms with Crippen LogP contribution < -0.4 is 5.32 Å². The first kappa shape index (κ1) is 18.9. The van der Waals surface area contributed by atoms with E-state index in [1.165, 1.54) is 18.7 Å². The average molecular weight is 368 g/mol. The molecule has 0 saturated heterocycles. The second-order valence-electron chi connectivity index (χ2n) is 7.08. The zero-order chi connectivity index (χ0) is 19.6. The highest BCUT2D eigenvalue weighted by Crippen LogP contribution is 2.49. The van der Waals surface area contributed by atoms with Gasteiger partial charge in [0.25, 0.3) is 0 Å². The molecule has 0 aliphatic heterocycles. The second-order valence-corrected chi connectivity index (χ2v) is 7.08. The summed E-state index contributed by atoms with van der Waals surface area (Å²) in [4.78, 5) is 36.7. The average Bonchev–Trinajstić information content (AvgIpc) is 3.44. The molecule has 142 valence electrons. The van der Waals surface area contributed by atoms with Crippen molar-refractivity contribution >= 4 is 28.6 Å². The smallest absolute Gasteiger partial charge is 0.326 e. The Morgan fingerprint density at radius 3 is 2.56 bits per heavy atom. The molecule has 1 saturated carbocycles.